The Labute approximate surface area is 567 Å². The Morgan fingerprint density at radius 1 is 0.247 bits per heavy atom. The number of hydrogen-bond acceptors (Lipinski definition) is 3. The van der Waals surface area contributed by atoms with Crippen LogP contribution in [0.2, 0.25) is 0 Å². The summed E-state index contributed by atoms with van der Waals surface area (Å²) in [6.45, 7) is 0. The molecule has 0 unspecified atom stereocenters. The minimum absolute atomic E-state index is 0.199. The molecule has 20 rings (SSSR count). The Hall–Kier alpha value is -11.7. The maximum absolute atomic E-state index is 13.3. The van der Waals surface area contributed by atoms with Crippen molar-refractivity contribution >= 4 is 139 Å². The van der Waals surface area contributed by atoms with Crippen molar-refractivity contribution in [2.75, 3.05) is 0 Å². The maximum Gasteiger partial charge on any atom is 0.123 e. The average Bonchev–Trinajstić information content (AvgIpc) is 1.59. The first-order valence-electron chi connectivity index (χ1n) is 33.0. The summed E-state index contributed by atoms with van der Waals surface area (Å²) in [5.74, 6) is -0.199. The Morgan fingerprint density at radius 3 is 1.16 bits per heavy atom. The number of nitrogens with zero attached hydrogens (tertiary/aromatic N) is 4. The van der Waals surface area contributed by atoms with Gasteiger partial charge < -0.3 is 13.7 Å². The van der Waals surface area contributed by atoms with Gasteiger partial charge in [0.25, 0.3) is 0 Å². The molecule has 20 aromatic rings. The molecule has 6 heterocycles. The molecule has 7 heteroatoms. The van der Waals surface area contributed by atoms with Crippen molar-refractivity contribution in [3.63, 3.8) is 0 Å². The number of rotatable bonds is 9. The second kappa shape index (κ2) is 24.5. The predicted molar refractivity (Wildman–Crippen MR) is 411 cm³/mol. The summed E-state index contributed by atoms with van der Waals surface area (Å²) in [6.07, 6.45) is 6.47. The number of fused-ring (bicyclic) bond motifs is 16. The van der Waals surface area contributed by atoms with Gasteiger partial charge in [-0.3, -0.25) is 4.98 Å². The van der Waals surface area contributed by atoms with E-state index in [1.54, 1.807) is 0 Å². The second-order valence-electron chi connectivity index (χ2n) is 25.2. The van der Waals surface area contributed by atoms with Crippen molar-refractivity contribution in [1.82, 2.24) is 18.7 Å². The van der Waals surface area contributed by atoms with E-state index in [4.69, 9.17) is 0 Å². The molecule has 0 radical (unpaired) electrons. The quantitative estimate of drug-likeness (QED) is 0.142. The summed E-state index contributed by atoms with van der Waals surface area (Å²) in [7, 11) is 0. The number of benzene rings is 14. The van der Waals surface area contributed by atoms with Crippen LogP contribution in [-0.2, 0) is 19.3 Å². The van der Waals surface area contributed by atoms with Gasteiger partial charge >= 0.3 is 0 Å². The molecule has 0 fully saturated rings. The van der Waals surface area contributed by atoms with Gasteiger partial charge in [-0.15, -0.1) is 22.7 Å². The topological polar surface area (TPSA) is 27.7 Å². The molecule has 0 bridgehead atoms. The molecule has 0 aliphatic rings. The number of hydrogen-bond donors (Lipinski definition) is 0. The van der Waals surface area contributed by atoms with Crippen LogP contribution in [-0.4, -0.2) is 18.7 Å². The van der Waals surface area contributed by atoms with Crippen LogP contribution in [0.3, 0.4) is 0 Å². The molecule has 6 aromatic heterocycles. The largest absolute Gasteiger partial charge is 0.309 e. The van der Waals surface area contributed by atoms with Gasteiger partial charge in [-0.25, -0.2) is 4.39 Å². The lowest BCUT2D eigenvalue weighted by Gasteiger charge is -2.09. The van der Waals surface area contributed by atoms with E-state index >= 15 is 0 Å². The molecule has 0 saturated heterocycles. The zero-order valence-electron chi connectivity index (χ0n) is 52.9. The lowest BCUT2D eigenvalue weighted by molar-refractivity contribution is 0.627. The first-order chi connectivity index (χ1) is 48.0. The van der Waals surface area contributed by atoms with Crippen molar-refractivity contribution < 1.29 is 4.39 Å². The zero-order valence-corrected chi connectivity index (χ0v) is 54.5. The molecular weight excluding hydrogens is 1220 g/mol. The third-order valence-corrected chi connectivity index (χ3v) is 21.5. The van der Waals surface area contributed by atoms with E-state index < -0.39 is 0 Å². The molecule has 0 atom stereocenters. The van der Waals surface area contributed by atoms with Crippen molar-refractivity contribution in [3.05, 3.63) is 373 Å². The van der Waals surface area contributed by atoms with E-state index in [1.807, 2.05) is 53.3 Å². The van der Waals surface area contributed by atoms with Crippen LogP contribution < -0.4 is 0 Å². The van der Waals surface area contributed by atoms with Crippen molar-refractivity contribution in [2.45, 2.75) is 19.3 Å². The summed E-state index contributed by atoms with van der Waals surface area (Å²) in [5.41, 5.74) is 18.5. The number of thiophene rings is 2. The molecular formula is C90H61FN4S2. The Bertz CT molecular complexity index is 5970. The molecule has 460 valence electrons. The summed E-state index contributed by atoms with van der Waals surface area (Å²) in [6, 6.07) is 114. The van der Waals surface area contributed by atoms with Gasteiger partial charge in [0.15, 0.2) is 0 Å². The smallest absolute Gasteiger partial charge is 0.123 e. The monoisotopic (exact) mass is 1280 g/mol. The number of halogens is 1. The van der Waals surface area contributed by atoms with E-state index in [0.29, 0.717) is 0 Å². The maximum atomic E-state index is 13.3. The minimum atomic E-state index is -0.199. The predicted octanol–water partition coefficient (Wildman–Crippen LogP) is 24.5. The van der Waals surface area contributed by atoms with Crippen molar-refractivity contribution in [2.24, 2.45) is 0 Å². The summed E-state index contributed by atoms with van der Waals surface area (Å²) < 4.78 is 25.8. The van der Waals surface area contributed by atoms with Gasteiger partial charge in [0, 0.05) is 102 Å². The SMILES string of the molecule is Fc1ccc(Cc2ccc3c4cc5ccccc5cc4n(-c4ccccc4)c3c2)cc1.c1ccc2c(c1)sc1ccc(Cc3ccc(-n4c5ccccc5c5ccccc54)cc3)cc12.c1ccc2c(c1)sc1ccc(Cc3ccc(-n4c5ccccc5c5cnccc54)cc3)cc12. The van der Waals surface area contributed by atoms with E-state index in [2.05, 4.69) is 310 Å². The highest BCUT2D eigenvalue weighted by molar-refractivity contribution is 7.26. The van der Waals surface area contributed by atoms with Gasteiger partial charge in [0.1, 0.15) is 5.82 Å². The van der Waals surface area contributed by atoms with Crippen LogP contribution in [0.1, 0.15) is 33.4 Å². The van der Waals surface area contributed by atoms with Crippen LogP contribution in [0.25, 0.3) is 134 Å². The number of para-hydroxylation sites is 4. The number of aromatic nitrogens is 4. The Kier molecular flexibility index (Phi) is 14.6. The van der Waals surface area contributed by atoms with Crippen LogP contribution in [0.4, 0.5) is 4.39 Å². The lowest BCUT2D eigenvalue weighted by atomic mass is 10.0. The summed E-state index contributed by atoms with van der Waals surface area (Å²) in [5, 5.41) is 15.5. The highest BCUT2D eigenvalue weighted by atomic mass is 32.1. The van der Waals surface area contributed by atoms with Crippen LogP contribution in [0.5, 0.6) is 0 Å². The van der Waals surface area contributed by atoms with Gasteiger partial charge in [-0.05, 0) is 191 Å². The molecule has 14 aromatic carbocycles. The Morgan fingerprint density at radius 2 is 0.619 bits per heavy atom. The van der Waals surface area contributed by atoms with Gasteiger partial charge in [0.05, 0.1) is 33.1 Å². The van der Waals surface area contributed by atoms with Gasteiger partial charge in [0.2, 0.25) is 0 Å². The molecule has 97 heavy (non-hydrogen) atoms. The molecule has 0 amide bonds. The van der Waals surface area contributed by atoms with Crippen LogP contribution in [0, 0.1) is 5.82 Å². The van der Waals surface area contributed by atoms with Crippen LogP contribution >= 0.6 is 22.7 Å². The molecule has 0 N–H and O–H groups in total. The third kappa shape index (κ3) is 10.8. The Balaban J connectivity index is 0.000000106. The minimum Gasteiger partial charge on any atom is -0.309 e. The van der Waals surface area contributed by atoms with E-state index in [1.165, 1.54) is 168 Å². The van der Waals surface area contributed by atoms with E-state index in [-0.39, 0.29) is 5.82 Å². The van der Waals surface area contributed by atoms with Crippen LogP contribution in [0.15, 0.2) is 334 Å². The highest BCUT2D eigenvalue weighted by Crippen LogP contribution is 2.40. The summed E-state index contributed by atoms with van der Waals surface area (Å²) in [4.78, 5) is 4.35. The molecule has 0 saturated carbocycles. The fourth-order valence-electron chi connectivity index (χ4n) is 14.6. The molecule has 0 spiro atoms. The third-order valence-electron chi connectivity index (χ3n) is 19.2. The molecule has 0 aliphatic carbocycles. The van der Waals surface area contributed by atoms with Gasteiger partial charge in [-0.1, -0.05) is 194 Å². The zero-order chi connectivity index (χ0) is 64.3. The van der Waals surface area contributed by atoms with E-state index in [9.17, 15) is 4.39 Å². The normalized spacial score (nSPS) is 11.7. The highest BCUT2D eigenvalue weighted by Gasteiger charge is 2.17. The number of pyridine rings is 1. The lowest BCUT2D eigenvalue weighted by Crippen LogP contribution is -1.95. The van der Waals surface area contributed by atoms with Crippen molar-refractivity contribution in [1.29, 1.82) is 0 Å². The molecule has 0 aliphatic heterocycles. The fraction of sp³-hybridized carbons (Fsp3) is 0.0333. The van der Waals surface area contributed by atoms with Crippen molar-refractivity contribution in [3.8, 4) is 17.1 Å². The summed E-state index contributed by atoms with van der Waals surface area (Å²) >= 11 is 3.75. The average molecular weight is 1280 g/mol. The molecule has 4 nitrogen and oxygen atoms in total. The standard InChI is InChI=1S/C31H21NS.C30H20N2S.C29H20FN/c1-4-10-28-24(7-1)25-8-2-5-11-29(25)32(28)23-16-13-21(14-17-23)19-22-15-18-31-27(20-22)26-9-3-6-12-30(26)33-31;1-3-7-27-23(5-1)26-19-31-16-15-28(26)32(27)22-12-9-20(10-13-22)17-21-11-14-30-25(18-21)24-6-2-4-8-29(24)33-30;30-24-13-10-20(11-14-24)16-21-12-15-26-27-18-22-6-4-5-7-23(22)19-29(27)31(28(26)17-21)25-8-2-1-3-9-25/h1-18,20H,19H2;1-16,18-19H,17H2;1-15,17-19H,16H2. The van der Waals surface area contributed by atoms with E-state index in [0.717, 1.165) is 30.5 Å². The second-order valence-corrected chi connectivity index (χ2v) is 27.4. The fourth-order valence-corrected chi connectivity index (χ4v) is 16.8. The first kappa shape index (κ1) is 57.9. The van der Waals surface area contributed by atoms with Gasteiger partial charge in [-0.2, -0.15) is 0 Å². The first-order valence-corrected chi connectivity index (χ1v) is 34.7.